The van der Waals surface area contributed by atoms with Gasteiger partial charge in [-0.25, -0.2) is 14.8 Å². The first-order valence-corrected chi connectivity index (χ1v) is 12.5. The molecular formula is C27H28FN5O5. The maximum Gasteiger partial charge on any atom is 0.414 e. The van der Waals surface area contributed by atoms with Crippen molar-refractivity contribution in [1.29, 1.82) is 0 Å². The largest absolute Gasteiger partial charge is 0.449 e. The Morgan fingerprint density at radius 1 is 1.18 bits per heavy atom. The highest BCUT2D eigenvalue weighted by Crippen LogP contribution is 2.40. The predicted octanol–water partition coefficient (Wildman–Crippen LogP) is 4.91. The molecule has 1 aliphatic heterocycles. The van der Waals surface area contributed by atoms with Crippen LogP contribution in [-0.4, -0.2) is 57.0 Å². The number of carbonyl (C=O) groups is 2. The summed E-state index contributed by atoms with van der Waals surface area (Å²) in [4.78, 5) is 36.8. The molecule has 2 unspecified atom stereocenters. The van der Waals surface area contributed by atoms with Crippen LogP contribution in [-0.2, 0) is 16.5 Å². The zero-order valence-electron chi connectivity index (χ0n) is 21.4. The summed E-state index contributed by atoms with van der Waals surface area (Å²) in [6, 6.07) is 3.93. The number of furan rings is 1. The third kappa shape index (κ3) is 4.89. The molecule has 198 valence electrons. The Morgan fingerprint density at radius 2 is 2.03 bits per heavy atom. The molecule has 5 rings (SSSR count). The fraction of sp³-hybridized carbons (Fsp3) is 0.370. The Balaban J connectivity index is 1.72. The normalized spacial score (nSPS) is 17.5. The Hall–Kier alpha value is -4.12. The lowest BCUT2D eigenvalue weighted by molar-refractivity contribution is 0.00468. The highest BCUT2D eigenvalue weighted by atomic mass is 19.1. The number of aromatic nitrogens is 4. The van der Waals surface area contributed by atoms with Gasteiger partial charge in [0.1, 0.15) is 5.69 Å². The van der Waals surface area contributed by atoms with Crippen LogP contribution in [0.1, 0.15) is 49.2 Å². The molecule has 4 aromatic heterocycles. The van der Waals surface area contributed by atoms with Crippen LogP contribution in [0, 0.1) is 5.95 Å². The number of anilines is 1. The number of rotatable bonds is 7. The van der Waals surface area contributed by atoms with Crippen LogP contribution in [0.4, 0.5) is 14.9 Å². The van der Waals surface area contributed by atoms with E-state index in [-0.39, 0.29) is 41.5 Å². The van der Waals surface area contributed by atoms with Gasteiger partial charge in [-0.3, -0.25) is 14.4 Å². The highest BCUT2D eigenvalue weighted by molar-refractivity contribution is 6.17. The van der Waals surface area contributed by atoms with Gasteiger partial charge in [0.05, 0.1) is 24.3 Å². The lowest BCUT2D eigenvalue weighted by Crippen LogP contribution is -2.46. The smallest absolute Gasteiger partial charge is 0.414 e. The summed E-state index contributed by atoms with van der Waals surface area (Å²) in [5.41, 5.74) is 2.09. The summed E-state index contributed by atoms with van der Waals surface area (Å²) in [7, 11) is 1.81. The molecule has 1 amide bonds. The van der Waals surface area contributed by atoms with Crippen LogP contribution in [0.2, 0.25) is 0 Å². The van der Waals surface area contributed by atoms with Crippen molar-refractivity contribution in [3.63, 3.8) is 0 Å². The van der Waals surface area contributed by atoms with Crippen molar-refractivity contribution >= 4 is 28.7 Å². The van der Waals surface area contributed by atoms with Crippen molar-refractivity contribution in [2.45, 2.75) is 45.3 Å². The van der Waals surface area contributed by atoms with Crippen LogP contribution in [0.3, 0.4) is 0 Å². The molecule has 1 saturated heterocycles. The molecule has 0 saturated carbocycles. The predicted molar refractivity (Wildman–Crippen MR) is 136 cm³/mol. The third-order valence-corrected chi connectivity index (χ3v) is 6.62. The topological polar surface area (TPSA) is 113 Å². The first kappa shape index (κ1) is 25.5. The number of pyridine rings is 2. The van der Waals surface area contributed by atoms with E-state index in [1.807, 2.05) is 26.2 Å². The number of ketones is 1. The SMILES string of the molecule is CCOC(=O)N(c1c(C(=O)c2ccc(F)nc2)oc2ncc(-c3cnn(C)c3)cc12)C1CCOC(CC)C1. The first-order chi connectivity index (χ1) is 18.4. The average Bonchev–Trinajstić information content (AvgIpc) is 3.53. The number of halogens is 1. The van der Waals surface area contributed by atoms with Gasteiger partial charge in [-0.2, -0.15) is 9.49 Å². The summed E-state index contributed by atoms with van der Waals surface area (Å²) >= 11 is 0. The van der Waals surface area contributed by atoms with Crippen molar-refractivity contribution in [3.8, 4) is 11.1 Å². The van der Waals surface area contributed by atoms with Crippen molar-refractivity contribution in [2.75, 3.05) is 18.1 Å². The van der Waals surface area contributed by atoms with Gasteiger partial charge in [0, 0.05) is 55.0 Å². The number of carbonyl (C=O) groups excluding carboxylic acids is 2. The molecule has 4 aromatic rings. The van der Waals surface area contributed by atoms with E-state index in [1.54, 1.807) is 24.0 Å². The Bertz CT molecular complexity index is 1460. The molecular weight excluding hydrogens is 493 g/mol. The minimum atomic E-state index is -0.713. The van der Waals surface area contributed by atoms with Crippen LogP contribution in [0.25, 0.3) is 22.2 Å². The molecule has 0 aliphatic carbocycles. The molecule has 5 heterocycles. The van der Waals surface area contributed by atoms with Gasteiger partial charge in [0.25, 0.3) is 0 Å². The van der Waals surface area contributed by atoms with Crippen LogP contribution < -0.4 is 4.90 Å². The van der Waals surface area contributed by atoms with Crippen LogP contribution in [0.5, 0.6) is 0 Å². The zero-order valence-corrected chi connectivity index (χ0v) is 21.4. The zero-order chi connectivity index (χ0) is 26.8. The van der Waals surface area contributed by atoms with Gasteiger partial charge < -0.3 is 13.9 Å². The van der Waals surface area contributed by atoms with E-state index < -0.39 is 17.8 Å². The second kappa shape index (κ2) is 10.7. The molecule has 1 fully saturated rings. The molecule has 0 bridgehead atoms. The lowest BCUT2D eigenvalue weighted by Gasteiger charge is -2.36. The van der Waals surface area contributed by atoms with Crippen LogP contribution in [0.15, 0.2) is 47.4 Å². The number of hydrogen-bond donors (Lipinski definition) is 0. The lowest BCUT2D eigenvalue weighted by atomic mass is 9.98. The fourth-order valence-corrected chi connectivity index (χ4v) is 4.73. The molecule has 0 radical (unpaired) electrons. The Morgan fingerprint density at radius 3 is 2.71 bits per heavy atom. The van der Waals surface area contributed by atoms with E-state index in [9.17, 15) is 14.0 Å². The van der Waals surface area contributed by atoms with Gasteiger partial charge >= 0.3 is 6.09 Å². The quantitative estimate of drug-likeness (QED) is 0.249. The second-order valence-corrected chi connectivity index (χ2v) is 9.11. The van der Waals surface area contributed by atoms with E-state index in [0.717, 1.165) is 29.8 Å². The number of hydrogen-bond acceptors (Lipinski definition) is 8. The molecule has 38 heavy (non-hydrogen) atoms. The Kier molecular flexibility index (Phi) is 7.19. The van der Waals surface area contributed by atoms with E-state index in [1.165, 1.54) is 11.0 Å². The summed E-state index contributed by atoms with van der Waals surface area (Å²) < 4.78 is 32.5. The first-order valence-electron chi connectivity index (χ1n) is 12.5. The van der Waals surface area contributed by atoms with Crippen molar-refractivity contribution in [2.24, 2.45) is 7.05 Å². The van der Waals surface area contributed by atoms with Crippen molar-refractivity contribution in [1.82, 2.24) is 19.7 Å². The van der Waals surface area contributed by atoms with Crippen molar-refractivity contribution in [3.05, 3.63) is 60.3 Å². The van der Waals surface area contributed by atoms with Gasteiger partial charge in [-0.05, 0) is 44.4 Å². The van der Waals surface area contributed by atoms with Crippen LogP contribution >= 0.6 is 0 Å². The number of ether oxygens (including phenoxy) is 2. The summed E-state index contributed by atoms with van der Waals surface area (Å²) in [5, 5.41) is 4.70. The number of aryl methyl sites for hydroxylation is 1. The molecule has 10 nitrogen and oxygen atoms in total. The van der Waals surface area contributed by atoms with Gasteiger partial charge in [0.15, 0.2) is 0 Å². The van der Waals surface area contributed by atoms with Gasteiger partial charge in [0.2, 0.25) is 23.2 Å². The number of nitrogens with zero attached hydrogens (tertiary/aromatic N) is 5. The summed E-state index contributed by atoms with van der Waals surface area (Å²) in [5.74, 6) is -1.37. The van der Waals surface area contributed by atoms with Gasteiger partial charge in [-0.1, -0.05) is 6.92 Å². The number of amides is 1. The maximum atomic E-state index is 13.7. The molecule has 0 N–H and O–H groups in total. The van der Waals surface area contributed by atoms with E-state index >= 15 is 0 Å². The van der Waals surface area contributed by atoms with Gasteiger partial charge in [-0.15, -0.1) is 0 Å². The molecule has 11 heteroatoms. The van der Waals surface area contributed by atoms with E-state index in [2.05, 4.69) is 15.1 Å². The van der Waals surface area contributed by atoms with E-state index in [4.69, 9.17) is 13.9 Å². The standard InChI is InChI=1S/C27H28FN5O5/c1-4-20-11-19(8-9-37-20)33(27(35)36-5-2)23-21-10-17(18-14-31-32(3)15-18)13-30-26(21)38-25(23)24(34)16-6-7-22(28)29-12-16/h6-7,10,12-15,19-20H,4-5,8-9,11H2,1-3H3. The highest BCUT2D eigenvalue weighted by Gasteiger charge is 2.38. The summed E-state index contributed by atoms with van der Waals surface area (Å²) in [6.45, 7) is 4.35. The molecule has 2 atom stereocenters. The average molecular weight is 522 g/mol. The summed E-state index contributed by atoms with van der Waals surface area (Å²) in [6.07, 6.45) is 7.53. The maximum absolute atomic E-state index is 13.7. The third-order valence-electron chi connectivity index (χ3n) is 6.62. The monoisotopic (exact) mass is 521 g/mol. The molecule has 0 spiro atoms. The number of fused-ring (bicyclic) bond motifs is 1. The van der Waals surface area contributed by atoms with E-state index in [0.29, 0.717) is 24.8 Å². The molecule has 0 aromatic carbocycles. The minimum absolute atomic E-state index is 0.0478. The fourth-order valence-electron chi connectivity index (χ4n) is 4.73. The Labute approximate surface area is 218 Å². The molecule has 1 aliphatic rings. The minimum Gasteiger partial charge on any atom is -0.449 e. The van der Waals surface area contributed by atoms with Crippen molar-refractivity contribution < 1.29 is 27.9 Å². The second-order valence-electron chi connectivity index (χ2n) is 9.11.